The van der Waals surface area contributed by atoms with Crippen molar-refractivity contribution in [3.05, 3.63) is 11.6 Å². The lowest BCUT2D eigenvalue weighted by molar-refractivity contribution is -0.130. The molecule has 0 bridgehead atoms. The summed E-state index contributed by atoms with van der Waals surface area (Å²) in [4.78, 5) is 13.2. The van der Waals surface area contributed by atoms with Crippen LogP contribution in [-0.4, -0.2) is 5.78 Å². The van der Waals surface area contributed by atoms with Gasteiger partial charge in [0.2, 0.25) is 0 Å². The van der Waals surface area contributed by atoms with E-state index in [9.17, 15) is 4.79 Å². The minimum absolute atomic E-state index is 0.0409. The summed E-state index contributed by atoms with van der Waals surface area (Å²) in [5.74, 6) is 3.33. The number of hydrogen-bond acceptors (Lipinski definition) is 1. The van der Waals surface area contributed by atoms with Crippen molar-refractivity contribution in [2.45, 2.75) is 78.6 Å². The van der Waals surface area contributed by atoms with Gasteiger partial charge in [0, 0.05) is 5.41 Å². The highest BCUT2D eigenvalue weighted by molar-refractivity contribution is 5.97. The summed E-state index contributed by atoms with van der Waals surface area (Å²) in [5.41, 5.74) is 1.90. The summed E-state index contributed by atoms with van der Waals surface area (Å²) < 4.78 is 0. The van der Waals surface area contributed by atoms with Crippen LogP contribution >= 0.6 is 0 Å². The fourth-order valence-corrected chi connectivity index (χ4v) is 7.11. The Morgan fingerprint density at radius 2 is 1.91 bits per heavy atom. The second-order valence-electron chi connectivity index (χ2n) is 9.08. The first kappa shape index (κ1) is 15.0. The summed E-state index contributed by atoms with van der Waals surface area (Å²) >= 11 is 0. The lowest BCUT2D eigenvalue weighted by Crippen LogP contribution is -2.50. The molecule has 0 amide bonds. The number of carbonyl (C=O) groups excluding carboxylic acids is 1. The van der Waals surface area contributed by atoms with Crippen LogP contribution in [0.25, 0.3) is 0 Å². The number of carbonyl (C=O) groups is 1. The second-order valence-corrected chi connectivity index (χ2v) is 9.08. The van der Waals surface area contributed by atoms with Crippen molar-refractivity contribution in [2.75, 3.05) is 0 Å². The van der Waals surface area contributed by atoms with Crippen LogP contribution in [0.4, 0.5) is 0 Å². The van der Waals surface area contributed by atoms with E-state index in [2.05, 4.69) is 26.8 Å². The standard InChI is InChI=1S/C21H32O/c1-4-14-9-11-17-16-10-8-15-7-5-6-12-20(15,2)18(16)13-19(22)21(14,17)3/h13-17H,4-12H2,1-3H3/t14-,15+,16-,17-,20-,21+/m0/s1. The lowest BCUT2D eigenvalue weighted by atomic mass is 9.48. The van der Waals surface area contributed by atoms with Gasteiger partial charge in [-0.3, -0.25) is 4.79 Å². The maximum absolute atomic E-state index is 13.2. The van der Waals surface area contributed by atoms with Crippen molar-refractivity contribution in [1.29, 1.82) is 0 Å². The van der Waals surface area contributed by atoms with Gasteiger partial charge in [0.05, 0.1) is 0 Å². The molecule has 3 fully saturated rings. The molecule has 0 spiro atoms. The van der Waals surface area contributed by atoms with Crippen LogP contribution in [0.5, 0.6) is 0 Å². The average Bonchev–Trinajstić information content (AvgIpc) is 2.86. The molecule has 0 saturated heterocycles. The minimum Gasteiger partial charge on any atom is -0.294 e. The molecule has 1 heteroatoms. The van der Waals surface area contributed by atoms with E-state index in [0.29, 0.717) is 23.0 Å². The normalized spacial score (nSPS) is 50.9. The lowest BCUT2D eigenvalue weighted by Gasteiger charge is -2.55. The number of rotatable bonds is 1. The number of hydrogen-bond donors (Lipinski definition) is 0. The van der Waals surface area contributed by atoms with Crippen molar-refractivity contribution in [2.24, 2.45) is 34.5 Å². The Bertz CT molecular complexity index is 518. The van der Waals surface area contributed by atoms with E-state index in [1.54, 1.807) is 5.57 Å². The quantitative estimate of drug-likeness (QED) is 0.621. The molecule has 22 heavy (non-hydrogen) atoms. The highest BCUT2D eigenvalue weighted by Gasteiger charge is 2.59. The summed E-state index contributed by atoms with van der Waals surface area (Å²) in [6, 6.07) is 0. The Morgan fingerprint density at radius 3 is 2.68 bits per heavy atom. The molecule has 4 rings (SSSR count). The van der Waals surface area contributed by atoms with Crippen LogP contribution in [0, 0.1) is 34.5 Å². The smallest absolute Gasteiger partial charge is 0.162 e. The van der Waals surface area contributed by atoms with Gasteiger partial charge >= 0.3 is 0 Å². The van der Waals surface area contributed by atoms with Crippen LogP contribution in [0.3, 0.4) is 0 Å². The molecule has 0 aromatic rings. The molecule has 0 aromatic heterocycles. The van der Waals surface area contributed by atoms with E-state index < -0.39 is 0 Å². The van der Waals surface area contributed by atoms with Gasteiger partial charge in [0.15, 0.2) is 5.78 Å². The summed E-state index contributed by atoms with van der Waals surface area (Å²) in [7, 11) is 0. The molecular weight excluding hydrogens is 268 g/mol. The van der Waals surface area contributed by atoms with Crippen molar-refractivity contribution in [1.82, 2.24) is 0 Å². The Kier molecular flexibility index (Phi) is 3.37. The molecule has 0 N–H and O–H groups in total. The van der Waals surface area contributed by atoms with E-state index in [-0.39, 0.29) is 5.41 Å². The molecule has 0 radical (unpaired) electrons. The van der Waals surface area contributed by atoms with Crippen molar-refractivity contribution in [3.63, 3.8) is 0 Å². The molecule has 0 aliphatic heterocycles. The van der Waals surface area contributed by atoms with Gasteiger partial charge in [-0.2, -0.15) is 0 Å². The molecule has 3 saturated carbocycles. The molecule has 0 aromatic carbocycles. The van der Waals surface area contributed by atoms with Gasteiger partial charge in [-0.25, -0.2) is 0 Å². The van der Waals surface area contributed by atoms with Crippen LogP contribution in [0.15, 0.2) is 11.6 Å². The monoisotopic (exact) mass is 300 g/mol. The Morgan fingerprint density at radius 1 is 1.09 bits per heavy atom. The van der Waals surface area contributed by atoms with Gasteiger partial charge < -0.3 is 0 Å². The number of allylic oxidation sites excluding steroid dienone is 2. The maximum Gasteiger partial charge on any atom is 0.162 e. The second kappa shape index (κ2) is 4.95. The van der Waals surface area contributed by atoms with Crippen molar-refractivity contribution in [3.8, 4) is 0 Å². The van der Waals surface area contributed by atoms with Crippen LogP contribution in [0.1, 0.15) is 78.6 Å². The predicted molar refractivity (Wildman–Crippen MR) is 90.5 cm³/mol. The molecule has 4 aliphatic carbocycles. The van der Waals surface area contributed by atoms with Gasteiger partial charge in [-0.1, -0.05) is 45.6 Å². The third-order valence-corrected chi connectivity index (χ3v) is 8.53. The Hall–Kier alpha value is -0.590. The van der Waals surface area contributed by atoms with Crippen molar-refractivity contribution >= 4 is 5.78 Å². The van der Waals surface area contributed by atoms with Crippen LogP contribution in [-0.2, 0) is 4.79 Å². The molecule has 6 atom stereocenters. The number of ketones is 1. The number of fused-ring (bicyclic) bond motifs is 5. The molecule has 1 nitrogen and oxygen atoms in total. The zero-order chi connectivity index (χ0) is 15.5. The van der Waals surface area contributed by atoms with Crippen molar-refractivity contribution < 1.29 is 4.79 Å². The first-order valence-corrected chi connectivity index (χ1v) is 9.78. The van der Waals surface area contributed by atoms with Gasteiger partial charge in [-0.05, 0) is 73.7 Å². The Labute approximate surface area is 135 Å². The third-order valence-electron chi connectivity index (χ3n) is 8.53. The van der Waals surface area contributed by atoms with Gasteiger partial charge in [0.1, 0.15) is 0 Å². The van der Waals surface area contributed by atoms with E-state index in [0.717, 1.165) is 11.8 Å². The zero-order valence-corrected chi connectivity index (χ0v) is 14.7. The summed E-state index contributed by atoms with van der Waals surface area (Å²) in [5, 5.41) is 0. The summed E-state index contributed by atoms with van der Waals surface area (Å²) in [6.45, 7) is 7.09. The van der Waals surface area contributed by atoms with E-state index in [4.69, 9.17) is 0 Å². The van der Waals surface area contributed by atoms with Gasteiger partial charge in [-0.15, -0.1) is 0 Å². The minimum atomic E-state index is -0.0409. The maximum atomic E-state index is 13.2. The fraction of sp³-hybridized carbons (Fsp3) is 0.857. The van der Waals surface area contributed by atoms with E-state index in [1.807, 2.05) is 0 Å². The molecule has 122 valence electrons. The third kappa shape index (κ3) is 1.74. The van der Waals surface area contributed by atoms with Gasteiger partial charge in [0.25, 0.3) is 0 Å². The first-order valence-electron chi connectivity index (χ1n) is 9.78. The first-order chi connectivity index (χ1) is 10.5. The highest BCUT2D eigenvalue weighted by atomic mass is 16.1. The largest absolute Gasteiger partial charge is 0.294 e. The average molecular weight is 300 g/mol. The zero-order valence-electron chi connectivity index (χ0n) is 14.7. The van der Waals surface area contributed by atoms with E-state index in [1.165, 1.54) is 57.8 Å². The SMILES string of the molecule is CC[C@H]1CC[C@H]2[C@@H]3CC[C@H]4CCCC[C@]4(C)C3=CC(=O)[C@]12C. The fourth-order valence-electron chi connectivity index (χ4n) is 7.11. The van der Waals surface area contributed by atoms with Crippen LogP contribution < -0.4 is 0 Å². The molecule has 0 unspecified atom stereocenters. The predicted octanol–water partition coefficient (Wildman–Crippen LogP) is 5.54. The molecule has 4 aliphatic rings. The molecular formula is C21H32O. The topological polar surface area (TPSA) is 17.1 Å². The van der Waals surface area contributed by atoms with E-state index >= 15 is 0 Å². The van der Waals surface area contributed by atoms with Crippen LogP contribution in [0.2, 0.25) is 0 Å². The summed E-state index contributed by atoms with van der Waals surface area (Å²) in [6.07, 6.45) is 14.2. The Balaban J connectivity index is 1.77. The molecule has 0 heterocycles. The highest BCUT2D eigenvalue weighted by Crippen LogP contribution is 2.64.